The lowest BCUT2D eigenvalue weighted by Gasteiger charge is -2.06. The maximum atomic E-state index is 11.2. The highest BCUT2D eigenvalue weighted by Gasteiger charge is 2.05. The number of hydrogen-bond acceptors (Lipinski definition) is 2. The number of carbonyl (C=O) groups is 1. The van der Waals surface area contributed by atoms with E-state index in [0.717, 1.165) is 12.8 Å². The zero-order valence-electron chi connectivity index (χ0n) is 14.2. The van der Waals surface area contributed by atoms with Crippen LogP contribution in [0.25, 0.3) is 0 Å². The SMILES string of the molecule is CCCCCCCCCCCCCCCC(=O)OC(C)Cl. The summed E-state index contributed by atoms with van der Waals surface area (Å²) < 4.78 is 4.88. The molecule has 0 N–H and O–H groups in total. The van der Waals surface area contributed by atoms with Crippen LogP contribution < -0.4 is 0 Å². The van der Waals surface area contributed by atoms with Gasteiger partial charge < -0.3 is 4.74 Å². The topological polar surface area (TPSA) is 26.3 Å². The summed E-state index contributed by atoms with van der Waals surface area (Å²) in [5, 5.41) is 0. The van der Waals surface area contributed by atoms with E-state index in [4.69, 9.17) is 16.3 Å². The first-order chi connectivity index (χ1) is 10.2. The molecule has 1 atom stereocenters. The molecule has 0 rings (SSSR count). The van der Waals surface area contributed by atoms with Crippen molar-refractivity contribution in [3.8, 4) is 0 Å². The van der Waals surface area contributed by atoms with E-state index in [-0.39, 0.29) is 5.97 Å². The monoisotopic (exact) mass is 318 g/mol. The van der Waals surface area contributed by atoms with Crippen LogP contribution in [0.1, 0.15) is 104 Å². The average Bonchev–Trinajstić information content (AvgIpc) is 2.43. The highest BCUT2D eigenvalue weighted by molar-refractivity contribution is 6.19. The van der Waals surface area contributed by atoms with E-state index in [2.05, 4.69) is 6.92 Å². The predicted molar refractivity (Wildman–Crippen MR) is 91.7 cm³/mol. The van der Waals surface area contributed by atoms with Gasteiger partial charge in [-0.1, -0.05) is 95.6 Å². The fourth-order valence-corrected chi connectivity index (χ4v) is 2.63. The molecule has 0 amide bonds. The van der Waals surface area contributed by atoms with Gasteiger partial charge in [0.15, 0.2) is 5.56 Å². The maximum absolute atomic E-state index is 11.2. The summed E-state index contributed by atoms with van der Waals surface area (Å²) in [5.41, 5.74) is -0.500. The van der Waals surface area contributed by atoms with Crippen molar-refractivity contribution in [2.75, 3.05) is 0 Å². The van der Waals surface area contributed by atoms with Gasteiger partial charge in [0.2, 0.25) is 0 Å². The summed E-state index contributed by atoms with van der Waals surface area (Å²) >= 11 is 5.59. The van der Waals surface area contributed by atoms with Gasteiger partial charge in [0.1, 0.15) is 0 Å². The lowest BCUT2D eigenvalue weighted by atomic mass is 10.0. The molecule has 0 aromatic carbocycles. The minimum absolute atomic E-state index is 0.166. The van der Waals surface area contributed by atoms with Gasteiger partial charge in [0.25, 0.3) is 0 Å². The number of rotatable bonds is 15. The van der Waals surface area contributed by atoms with E-state index < -0.39 is 5.56 Å². The largest absolute Gasteiger partial charge is 0.446 e. The number of halogens is 1. The Morgan fingerprint density at radius 1 is 0.810 bits per heavy atom. The maximum Gasteiger partial charge on any atom is 0.307 e. The van der Waals surface area contributed by atoms with Gasteiger partial charge in [0.05, 0.1) is 0 Å². The highest BCUT2D eigenvalue weighted by atomic mass is 35.5. The first-order valence-corrected chi connectivity index (χ1v) is 9.44. The second-order valence-corrected chi connectivity index (χ2v) is 6.64. The molecule has 1 unspecified atom stereocenters. The first-order valence-electron chi connectivity index (χ1n) is 9.00. The molecule has 0 spiro atoms. The Bertz CT molecular complexity index is 229. The zero-order chi connectivity index (χ0) is 15.8. The number of alkyl halides is 1. The Hall–Kier alpha value is -0.240. The third-order valence-electron chi connectivity index (χ3n) is 3.78. The number of hydrogen-bond donors (Lipinski definition) is 0. The van der Waals surface area contributed by atoms with Crippen molar-refractivity contribution in [3.63, 3.8) is 0 Å². The standard InChI is InChI=1S/C18H35ClO2/c1-3-4-5-6-7-8-9-10-11-12-13-14-15-16-18(20)21-17(2)19/h17H,3-16H2,1-2H3. The van der Waals surface area contributed by atoms with Gasteiger partial charge in [-0.2, -0.15) is 0 Å². The summed E-state index contributed by atoms with van der Waals surface area (Å²) in [7, 11) is 0. The van der Waals surface area contributed by atoms with Crippen molar-refractivity contribution in [2.24, 2.45) is 0 Å². The van der Waals surface area contributed by atoms with E-state index in [1.54, 1.807) is 6.92 Å². The normalized spacial score (nSPS) is 12.3. The number of ether oxygens (including phenoxy) is 1. The third kappa shape index (κ3) is 17.7. The Kier molecular flexibility index (Phi) is 16.0. The molecule has 0 aliphatic heterocycles. The molecule has 126 valence electrons. The van der Waals surface area contributed by atoms with Gasteiger partial charge in [-0.15, -0.1) is 0 Å². The van der Waals surface area contributed by atoms with Gasteiger partial charge >= 0.3 is 5.97 Å². The van der Waals surface area contributed by atoms with E-state index in [1.807, 2.05) is 0 Å². The number of esters is 1. The summed E-state index contributed by atoms with van der Waals surface area (Å²) in [6.07, 6.45) is 17.6. The van der Waals surface area contributed by atoms with Gasteiger partial charge in [0, 0.05) is 6.42 Å². The van der Waals surface area contributed by atoms with Crippen LogP contribution in [0.2, 0.25) is 0 Å². The molecular weight excluding hydrogens is 284 g/mol. The second-order valence-electron chi connectivity index (χ2n) is 6.03. The lowest BCUT2D eigenvalue weighted by Crippen LogP contribution is -2.08. The molecule has 0 saturated carbocycles. The second kappa shape index (κ2) is 16.1. The molecule has 0 bridgehead atoms. The summed E-state index contributed by atoms with van der Waals surface area (Å²) in [4.78, 5) is 11.2. The van der Waals surface area contributed by atoms with Crippen LogP contribution in [0.5, 0.6) is 0 Å². The summed E-state index contributed by atoms with van der Waals surface area (Å²) in [5.74, 6) is -0.166. The van der Waals surface area contributed by atoms with E-state index in [0.29, 0.717) is 6.42 Å². The number of unbranched alkanes of at least 4 members (excludes halogenated alkanes) is 12. The van der Waals surface area contributed by atoms with Crippen LogP contribution >= 0.6 is 11.6 Å². The molecule has 0 aromatic heterocycles. The molecule has 0 saturated heterocycles. The quantitative estimate of drug-likeness (QED) is 0.193. The van der Waals surface area contributed by atoms with Crippen LogP contribution in [0, 0.1) is 0 Å². The van der Waals surface area contributed by atoms with E-state index >= 15 is 0 Å². The van der Waals surface area contributed by atoms with Crippen molar-refractivity contribution in [1.82, 2.24) is 0 Å². The van der Waals surface area contributed by atoms with Crippen molar-refractivity contribution in [1.29, 1.82) is 0 Å². The van der Waals surface area contributed by atoms with Gasteiger partial charge in [-0.25, -0.2) is 0 Å². The fourth-order valence-electron chi connectivity index (χ4n) is 2.53. The first kappa shape index (κ1) is 20.8. The Balaban J connectivity index is 3.07. The number of carbonyl (C=O) groups excluding carboxylic acids is 1. The minimum Gasteiger partial charge on any atom is -0.446 e. The van der Waals surface area contributed by atoms with Crippen LogP contribution in [-0.2, 0) is 9.53 Å². The Labute approximate surface area is 137 Å². The lowest BCUT2D eigenvalue weighted by molar-refractivity contribution is -0.144. The fraction of sp³-hybridized carbons (Fsp3) is 0.944. The van der Waals surface area contributed by atoms with Crippen LogP contribution in [0.15, 0.2) is 0 Å². The molecule has 0 aliphatic rings. The summed E-state index contributed by atoms with van der Waals surface area (Å²) in [6.45, 7) is 3.94. The molecule has 0 aliphatic carbocycles. The minimum atomic E-state index is -0.500. The average molecular weight is 319 g/mol. The third-order valence-corrected chi connectivity index (χ3v) is 3.87. The molecule has 2 nitrogen and oxygen atoms in total. The van der Waals surface area contributed by atoms with E-state index in [1.165, 1.54) is 70.6 Å². The van der Waals surface area contributed by atoms with Crippen LogP contribution in [0.4, 0.5) is 0 Å². The molecule has 3 heteroatoms. The van der Waals surface area contributed by atoms with Crippen molar-refractivity contribution in [2.45, 2.75) is 109 Å². The van der Waals surface area contributed by atoms with Gasteiger partial charge in [-0.3, -0.25) is 4.79 Å². The molecule has 0 heterocycles. The zero-order valence-corrected chi connectivity index (χ0v) is 14.9. The predicted octanol–water partition coefficient (Wildman–Crippen LogP) is 6.60. The van der Waals surface area contributed by atoms with Crippen molar-refractivity contribution >= 4 is 17.6 Å². The van der Waals surface area contributed by atoms with Gasteiger partial charge in [-0.05, 0) is 13.3 Å². The van der Waals surface area contributed by atoms with Crippen molar-refractivity contribution in [3.05, 3.63) is 0 Å². The Morgan fingerprint density at radius 3 is 1.57 bits per heavy atom. The Morgan fingerprint density at radius 2 is 1.19 bits per heavy atom. The highest BCUT2D eigenvalue weighted by Crippen LogP contribution is 2.13. The van der Waals surface area contributed by atoms with Crippen LogP contribution in [-0.4, -0.2) is 11.5 Å². The molecule has 0 aromatic rings. The van der Waals surface area contributed by atoms with E-state index in [9.17, 15) is 4.79 Å². The summed E-state index contributed by atoms with van der Waals surface area (Å²) in [6, 6.07) is 0. The molecule has 0 radical (unpaired) electrons. The smallest absolute Gasteiger partial charge is 0.307 e. The molecular formula is C18H35ClO2. The molecule has 0 fully saturated rings. The van der Waals surface area contributed by atoms with Crippen molar-refractivity contribution < 1.29 is 9.53 Å². The van der Waals surface area contributed by atoms with Crippen LogP contribution in [0.3, 0.4) is 0 Å². The molecule has 21 heavy (non-hydrogen) atoms.